The molecule has 1 saturated heterocycles. The van der Waals surface area contributed by atoms with Crippen LogP contribution in [0.1, 0.15) is 18.3 Å². The van der Waals surface area contributed by atoms with E-state index < -0.39 is 0 Å². The summed E-state index contributed by atoms with van der Waals surface area (Å²) in [6, 6.07) is 9.94. The zero-order chi connectivity index (χ0) is 16.9. The van der Waals surface area contributed by atoms with E-state index >= 15 is 0 Å². The molecule has 0 aliphatic carbocycles. The molecule has 0 bridgehead atoms. The van der Waals surface area contributed by atoms with E-state index in [1.54, 1.807) is 11.1 Å². The van der Waals surface area contributed by atoms with E-state index in [1.165, 1.54) is 5.56 Å². The number of halogens is 2. The van der Waals surface area contributed by atoms with Crippen LogP contribution in [0.3, 0.4) is 0 Å². The number of aromatic nitrogens is 2. The summed E-state index contributed by atoms with van der Waals surface area (Å²) in [6.07, 6.45) is 3.62. The Morgan fingerprint density at radius 1 is 1.35 bits per heavy atom. The Hall–Kier alpha value is -1.60. The largest absolute Gasteiger partial charge is 0.375 e. The van der Waals surface area contributed by atoms with Crippen molar-refractivity contribution in [3.8, 4) is 0 Å². The number of morpholine rings is 1. The van der Waals surface area contributed by atoms with Gasteiger partial charge in [-0.1, -0.05) is 30.3 Å². The average Bonchev–Trinajstić information content (AvgIpc) is 3.02. The molecule has 6 nitrogen and oxygen atoms in total. The van der Waals surface area contributed by atoms with E-state index in [-0.39, 0.29) is 42.9 Å². The van der Waals surface area contributed by atoms with E-state index in [2.05, 4.69) is 27.0 Å². The van der Waals surface area contributed by atoms with Gasteiger partial charge in [0.15, 0.2) is 0 Å². The number of amides is 1. The predicted octanol–water partition coefficient (Wildman–Crippen LogP) is 2.11. The second-order valence-electron chi connectivity index (χ2n) is 6.16. The number of carbonyl (C=O) groups is 1. The standard InChI is InChI=1S/C18H24N4O2.2ClH/c1-14-17(20-9-11-24-14)18(23)21(2)13-16-19-8-10-22(16)12-15-6-4-3-5-7-15;;/h3-8,10,14,17,20H,9,11-13H2,1-2H3;2*1H/t14-,17+;;/m1../s1. The molecule has 0 unspecified atom stereocenters. The quantitative estimate of drug-likeness (QED) is 0.834. The van der Waals surface area contributed by atoms with Gasteiger partial charge in [0.2, 0.25) is 5.91 Å². The molecule has 8 heteroatoms. The Labute approximate surface area is 166 Å². The maximum Gasteiger partial charge on any atom is 0.242 e. The van der Waals surface area contributed by atoms with Crippen LogP contribution >= 0.6 is 24.8 Å². The lowest BCUT2D eigenvalue weighted by Crippen LogP contribution is -2.55. The summed E-state index contributed by atoms with van der Waals surface area (Å²) in [6.45, 7) is 4.51. The van der Waals surface area contributed by atoms with Gasteiger partial charge >= 0.3 is 0 Å². The van der Waals surface area contributed by atoms with Crippen molar-refractivity contribution < 1.29 is 9.53 Å². The van der Waals surface area contributed by atoms with E-state index in [1.807, 2.05) is 38.4 Å². The Morgan fingerprint density at radius 2 is 2.08 bits per heavy atom. The third kappa shape index (κ3) is 5.45. The fourth-order valence-corrected chi connectivity index (χ4v) is 2.95. The third-order valence-corrected chi connectivity index (χ3v) is 4.33. The number of benzene rings is 1. The number of hydrogen-bond donors (Lipinski definition) is 1. The van der Waals surface area contributed by atoms with Crippen LogP contribution in [0.4, 0.5) is 0 Å². The van der Waals surface area contributed by atoms with Crippen LogP contribution in [-0.2, 0) is 22.6 Å². The lowest BCUT2D eigenvalue weighted by Gasteiger charge is -2.32. The summed E-state index contributed by atoms with van der Waals surface area (Å²) in [5.41, 5.74) is 1.21. The van der Waals surface area contributed by atoms with Crippen molar-refractivity contribution in [3.05, 3.63) is 54.1 Å². The van der Waals surface area contributed by atoms with Gasteiger partial charge in [0.05, 0.1) is 19.3 Å². The van der Waals surface area contributed by atoms with Crippen LogP contribution in [-0.4, -0.2) is 52.7 Å². The van der Waals surface area contributed by atoms with Gasteiger partial charge in [0.1, 0.15) is 11.9 Å². The minimum atomic E-state index is -0.290. The molecule has 1 aliphatic rings. The van der Waals surface area contributed by atoms with Crippen molar-refractivity contribution in [1.82, 2.24) is 19.8 Å². The molecular weight excluding hydrogens is 375 g/mol. The van der Waals surface area contributed by atoms with Crippen molar-refractivity contribution in [2.24, 2.45) is 0 Å². The van der Waals surface area contributed by atoms with Crippen molar-refractivity contribution in [1.29, 1.82) is 0 Å². The zero-order valence-corrected chi connectivity index (χ0v) is 16.6. The fourth-order valence-electron chi connectivity index (χ4n) is 2.95. The van der Waals surface area contributed by atoms with Crippen LogP contribution in [0.25, 0.3) is 0 Å². The van der Waals surface area contributed by atoms with Crippen molar-refractivity contribution in [2.75, 3.05) is 20.2 Å². The smallest absolute Gasteiger partial charge is 0.242 e. The molecule has 1 fully saturated rings. The SMILES string of the molecule is C[C@H]1OCCN[C@@H]1C(=O)N(C)Cc1nccn1Cc1ccccc1.Cl.Cl. The molecule has 2 atom stereocenters. The van der Waals surface area contributed by atoms with Crippen molar-refractivity contribution >= 4 is 30.7 Å². The third-order valence-electron chi connectivity index (χ3n) is 4.33. The van der Waals surface area contributed by atoms with Crippen LogP contribution in [0, 0.1) is 0 Å². The molecule has 2 heterocycles. The van der Waals surface area contributed by atoms with E-state index in [0.29, 0.717) is 19.7 Å². The first-order chi connectivity index (χ1) is 11.6. The molecule has 1 aromatic carbocycles. The van der Waals surface area contributed by atoms with Crippen LogP contribution in [0.5, 0.6) is 0 Å². The molecule has 1 aromatic heterocycles. The highest BCUT2D eigenvalue weighted by Crippen LogP contribution is 2.11. The summed E-state index contributed by atoms with van der Waals surface area (Å²) in [5, 5.41) is 3.24. The maximum absolute atomic E-state index is 12.7. The molecule has 0 radical (unpaired) electrons. The summed E-state index contributed by atoms with van der Waals surface area (Å²) in [5.74, 6) is 0.913. The van der Waals surface area contributed by atoms with Gasteiger partial charge in [-0.2, -0.15) is 0 Å². The normalized spacial score (nSPS) is 19.2. The van der Waals surface area contributed by atoms with E-state index in [9.17, 15) is 4.79 Å². The molecule has 0 saturated carbocycles. The second kappa shape index (κ2) is 10.5. The number of hydrogen-bond acceptors (Lipinski definition) is 4. The fraction of sp³-hybridized carbons (Fsp3) is 0.444. The minimum Gasteiger partial charge on any atom is -0.375 e. The van der Waals surface area contributed by atoms with Crippen molar-refractivity contribution in [3.63, 3.8) is 0 Å². The Balaban J connectivity index is 0.00000169. The molecule has 144 valence electrons. The Bertz CT molecular complexity index is 681. The predicted molar refractivity (Wildman–Crippen MR) is 106 cm³/mol. The van der Waals surface area contributed by atoms with Gasteiger partial charge in [0, 0.05) is 32.5 Å². The highest BCUT2D eigenvalue weighted by atomic mass is 35.5. The lowest BCUT2D eigenvalue weighted by atomic mass is 10.1. The van der Waals surface area contributed by atoms with Crippen LogP contribution < -0.4 is 5.32 Å². The first-order valence-corrected chi connectivity index (χ1v) is 8.29. The number of rotatable bonds is 5. The lowest BCUT2D eigenvalue weighted by molar-refractivity contribution is -0.138. The minimum absolute atomic E-state index is 0. The monoisotopic (exact) mass is 400 g/mol. The molecule has 0 spiro atoms. The number of ether oxygens (including phenoxy) is 1. The van der Waals surface area contributed by atoms with E-state index in [0.717, 1.165) is 12.4 Å². The first kappa shape index (κ1) is 22.4. The van der Waals surface area contributed by atoms with Gasteiger partial charge in [-0.25, -0.2) is 4.98 Å². The zero-order valence-electron chi connectivity index (χ0n) is 15.0. The number of nitrogens with one attached hydrogen (secondary N) is 1. The molecule has 1 aliphatic heterocycles. The summed E-state index contributed by atoms with van der Waals surface area (Å²) < 4.78 is 7.65. The van der Waals surface area contributed by atoms with Gasteiger partial charge < -0.3 is 19.5 Å². The van der Waals surface area contributed by atoms with Gasteiger partial charge in [-0.05, 0) is 12.5 Å². The molecular formula is C18H26Cl2N4O2. The molecule has 2 aromatic rings. The Morgan fingerprint density at radius 3 is 2.77 bits per heavy atom. The Kier molecular flexibility index (Phi) is 9.08. The van der Waals surface area contributed by atoms with Gasteiger partial charge in [0.25, 0.3) is 0 Å². The van der Waals surface area contributed by atoms with Crippen molar-refractivity contribution in [2.45, 2.75) is 32.2 Å². The number of carbonyl (C=O) groups excluding carboxylic acids is 1. The highest BCUT2D eigenvalue weighted by molar-refractivity contribution is 5.85. The maximum atomic E-state index is 12.7. The highest BCUT2D eigenvalue weighted by Gasteiger charge is 2.30. The number of nitrogens with zero attached hydrogens (tertiary/aromatic N) is 3. The number of likely N-dealkylation sites (N-methyl/N-ethyl adjacent to an activating group) is 1. The van der Waals surface area contributed by atoms with Gasteiger partial charge in [-0.15, -0.1) is 24.8 Å². The summed E-state index contributed by atoms with van der Waals surface area (Å²) in [4.78, 5) is 18.8. The average molecular weight is 401 g/mol. The molecule has 26 heavy (non-hydrogen) atoms. The van der Waals surface area contributed by atoms with Crippen LogP contribution in [0.2, 0.25) is 0 Å². The van der Waals surface area contributed by atoms with Gasteiger partial charge in [-0.3, -0.25) is 4.79 Å². The summed E-state index contributed by atoms with van der Waals surface area (Å²) in [7, 11) is 1.81. The molecule has 1 N–H and O–H groups in total. The second-order valence-corrected chi connectivity index (χ2v) is 6.16. The topological polar surface area (TPSA) is 59.4 Å². The van der Waals surface area contributed by atoms with E-state index in [4.69, 9.17) is 4.74 Å². The van der Waals surface area contributed by atoms with Crippen LogP contribution in [0.15, 0.2) is 42.7 Å². The molecule has 3 rings (SSSR count). The summed E-state index contributed by atoms with van der Waals surface area (Å²) >= 11 is 0. The molecule has 1 amide bonds. The number of imidazole rings is 1. The first-order valence-electron chi connectivity index (χ1n) is 8.29.